The average molecular weight is 279 g/mol. The van der Waals surface area contributed by atoms with E-state index in [2.05, 4.69) is 5.32 Å². The Kier molecular flexibility index (Phi) is 5.53. The topological polar surface area (TPSA) is 38.3 Å². The van der Waals surface area contributed by atoms with Gasteiger partial charge in [0.15, 0.2) is 0 Å². The van der Waals surface area contributed by atoms with E-state index in [1.54, 1.807) is 19.2 Å². The number of rotatable bonds is 8. The number of methoxy groups -OCH3 is 1. The second-order valence-electron chi connectivity index (χ2n) is 5.36. The van der Waals surface area contributed by atoms with E-state index < -0.39 is 0 Å². The maximum Gasteiger partial charge on any atom is 0.227 e. The van der Waals surface area contributed by atoms with Crippen LogP contribution >= 0.6 is 0 Å². The first-order valence-corrected chi connectivity index (χ1v) is 7.24. The first kappa shape index (κ1) is 15.0. The van der Waals surface area contributed by atoms with Crippen LogP contribution in [0.1, 0.15) is 37.2 Å². The van der Waals surface area contributed by atoms with Crippen LogP contribution in [0.25, 0.3) is 0 Å². The molecule has 1 unspecified atom stereocenters. The highest BCUT2D eigenvalue weighted by molar-refractivity contribution is 5.84. The number of halogens is 1. The van der Waals surface area contributed by atoms with Crippen molar-refractivity contribution in [3.63, 3.8) is 0 Å². The maximum atomic E-state index is 13.0. The molecule has 0 heterocycles. The van der Waals surface area contributed by atoms with Gasteiger partial charge in [-0.05, 0) is 49.3 Å². The predicted octanol–water partition coefficient (Wildman–Crippen LogP) is 2.86. The van der Waals surface area contributed by atoms with E-state index in [1.807, 2.05) is 0 Å². The van der Waals surface area contributed by atoms with E-state index in [9.17, 15) is 9.18 Å². The second-order valence-corrected chi connectivity index (χ2v) is 5.36. The first-order chi connectivity index (χ1) is 9.72. The van der Waals surface area contributed by atoms with E-state index in [0.717, 1.165) is 37.9 Å². The van der Waals surface area contributed by atoms with Crippen LogP contribution in [-0.4, -0.2) is 26.2 Å². The molecule has 2 rings (SSSR count). The number of unbranched alkanes of at least 4 members (excludes halogenated alkanes) is 1. The summed E-state index contributed by atoms with van der Waals surface area (Å²) in [6, 6.07) is 6.30. The highest BCUT2D eigenvalue weighted by Gasteiger charge is 2.36. The van der Waals surface area contributed by atoms with Gasteiger partial charge in [0.25, 0.3) is 0 Å². The van der Waals surface area contributed by atoms with Gasteiger partial charge in [0.2, 0.25) is 5.91 Å². The number of hydrogen-bond donors (Lipinski definition) is 1. The molecular formula is C16H22FNO2. The minimum atomic E-state index is -0.261. The number of nitrogens with one attached hydrogen (secondary N) is 1. The summed E-state index contributed by atoms with van der Waals surface area (Å²) in [6.45, 7) is 1.40. The van der Waals surface area contributed by atoms with Gasteiger partial charge in [-0.1, -0.05) is 12.1 Å². The van der Waals surface area contributed by atoms with Crippen LogP contribution in [0.4, 0.5) is 4.39 Å². The van der Waals surface area contributed by atoms with Gasteiger partial charge in [-0.25, -0.2) is 4.39 Å². The molecule has 0 bridgehead atoms. The van der Waals surface area contributed by atoms with E-state index in [-0.39, 0.29) is 17.6 Å². The Balaban J connectivity index is 1.88. The molecule has 1 aliphatic carbocycles. The third-order valence-electron chi connectivity index (χ3n) is 3.68. The van der Waals surface area contributed by atoms with Crippen molar-refractivity contribution in [1.82, 2.24) is 5.32 Å². The van der Waals surface area contributed by atoms with Crippen molar-refractivity contribution in [1.29, 1.82) is 0 Å². The molecule has 1 aliphatic rings. The van der Waals surface area contributed by atoms with Crippen molar-refractivity contribution in [2.75, 3.05) is 20.3 Å². The van der Waals surface area contributed by atoms with E-state index in [4.69, 9.17) is 4.74 Å². The number of amides is 1. The van der Waals surface area contributed by atoms with Crippen LogP contribution < -0.4 is 5.32 Å². The summed E-state index contributed by atoms with van der Waals surface area (Å²) in [5.41, 5.74) is 0.920. The molecule has 1 atom stereocenters. The zero-order valence-electron chi connectivity index (χ0n) is 11.9. The molecule has 110 valence electrons. The largest absolute Gasteiger partial charge is 0.385 e. The molecule has 0 spiro atoms. The highest BCUT2D eigenvalue weighted by Crippen LogP contribution is 2.42. The molecule has 1 aromatic carbocycles. The Morgan fingerprint density at radius 3 is 2.65 bits per heavy atom. The number of ether oxygens (including phenoxy) is 1. The SMILES string of the molecule is COCCCCNC(=O)C(c1ccc(F)cc1)C1CC1. The van der Waals surface area contributed by atoms with Gasteiger partial charge >= 0.3 is 0 Å². The fourth-order valence-corrected chi connectivity index (χ4v) is 2.43. The van der Waals surface area contributed by atoms with Crippen molar-refractivity contribution in [2.24, 2.45) is 5.92 Å². The quantitative estimate of drug-likeness (QED) is 0.743. The monoisotopic (exact) mass is 279 g/mol. The van der Waals surface area contributed by atoms with E-state index >= 15 is 0 Å². The fourth-order valence-electron chi connectivity index (χ4n) is 2.43. The molecule has 3 nitrogen and oxygen atoms in total. The molecule has 1 N–H and O–H groups in total. The lowest BCUT2D eigenvalue weighted by Gasteiger charge is -2.16. The lowest BCUT2D eigenvalue weighted by Crippen LogP contribution is -2.31. The van der Waals surface area contributed by atoms with E-state index in [0.29, 0.717) is 12.5 Å². The number of benzene rings is 1. The maximum absolute atomic E-state index is 13.0. The molecule has 0 aromatic heterocycles. The van der Waals surface area contributed by atoms with Crippen LogP contribution in [0.15, 0.2) is 24.3 Å². The van der Waals surface area contributed by atoms with E-state index in [1.165, 1.54) is 12.1 Å². The van der Waals surface area contributed by atoms with Gasteiger partial charge in [-0.3, -0.25) is 4.79 Å². The van der Waals surface area contributed by atoms with Crippen LogP contribution in [0, 0.1) is 11.7 Å². The molecule has 0 saturated heterocycles. The van der Waals surface area contributed by atoms with Gasteiger partial charge in [-0.2, -0.15) is 0 Å². The van der Waals surface area contributed by atoms with Crippen molar-refractivity contribution in [2.45, 2.75) is 31.6 Å². The lowest BCUT2D eigenvalue weighted by molar-refractivity contribution is -0.123. The van der Waals surface area contributed by atoms with Gasteiger partial charge in [0, 0.05) is 20.3 Å². The fraction of sp³-hybridized carbons (Fsp3) is 0.562. The molecular weight excluding hydrogens is 257 g/mol. The average Bonchev–Trinajstić information content (AvgIpc) is 3.26. The zero-order chi connectivity index (χ0) is 14.4. The predicted molar refractivity (Wildman–Crippen MR) is 76.0 cm³/mol. The summed E-state index contributed by atoms with van der Waals surface area (Å²) in [6.07, 6.45) is 4.03. The molecule has 1 saturated carbocycles. The Hall–Kier alpha value is -1.42. The molecule has 1 amide bonds. The second kappa shape index (κ2) is 7.39. The summed E-state index contributed by atoms with van der Waals surface area (Å²) in [7, 11) is 1.68. The van der Waals surface area contributed by atoms with Crippen molar-refractivity contribution < 1.29 is 13.9 Å². The first-order valence-electron chi connectivity index (χ1n) is 7.24. The smallest absolute Gasteiger partial charge is 0.227 e. The third kappa shape index (κ3) is 4.30. The number of carbonyl (C=O) groups is 1. The third-order valence-corrected chi connectivity index (χ3v) is 3.68. The molecule has 20 heavy (non-hydrogen) atoms. The van der Waals surface area contributed by atoms with Crippen LogP contribution in [0.3, 0.4) is 0 Å². The molecule has 1 fully saturated rings. The molecule has 1 aromatic rings. The Morgan fingerprint density at radius 2 is 2.05 bits per heavy atom. The Morgan fingerprint density at radius 1 is 1.35 bits per heavy atom. The highest BCUT2D eigenvalue weighted by atomic mass is 19.1. The van der Waals surface area contributed by atoms with Gasteiger partial charge in [0.1, 0.15) is 5.82 Å². The Labute approximate surface area is 119 Å². The van der Waals surface area contributed by atoms with Gasteiger partial charge in [0.05, 0.1) is 5.92 Å². The normalized spacial score (nSPS) is 15.9. The number of carbonyl (C=O) groups excluding carboxylic acids is 1. The van der Waals surface area contributed by atoms with Gasteiger partial charge in [-0.15, -0.1) is 0 Å². The summed E-state index contributed by atoms with van der Waals surface area (Å²) in [5.74, 6) is 0.0947. The van der Waals surface area contributed by atoms with Gasteiger partial charge < -0.3 is 10.1 Å². The molecule has 0 aliphatic heterocycles. The van der Waals surface area contributed by atoms with Crippen LogP contribution in [0.5, 0.6) is 0 Å². The molecule has 0 radical (unpaired) electrons. The summed E-state index contributed by atoms with van der Waals surface area (Å²) in [4.78, 5) is 12.3. The van der Waals surface area contributed by atoms with Crippen LogP contribution in [-0.2, 0) is 9.53 Å². The summed E-state index contributed by atoms with van der Waals surface area (Å²) < 4.78 is 18.0. The standard InChI is InChI=1S/C16H22FNO2/c1-20-11-3-2-10-18-16(19)15(12-4-5-12)13-6-8-14(17)9-7-13/h6-9,12,15H,2-5,10-11H2,1H3,(H,18,19). The summed E-state index contributed by atoms with van der Waals surface area (Å²) in [5, 5.41) is 2.99. The lowest BCUT2D eigenvalue weighted by atomic mass is 9.93. The number of hydrogen-bond acceptors (Lipinski definition) is 2. The molecule has 4 heteroatoms. The van der Waals surface area contributed by atoms with Crippen molar-refractivity contribution in [3.05, 3.63) is 35.6 Å². The minimum absolute atomic E-state index is 0.0662. The Bertz CT molecular complexity index is 429. The minimum Gasteiger partial charge on any atom is -0.385 e. The van der Waals surface area contributed by atoms with Crippen LogP contribution in [0.2, 0.25) is 0 Å². The van der Waals surface area contributed by atoms with Crippen molar-refractivity contribution in [3.8, 4) is 0 Å². The summed E-state index contributed by atoms with van der Waals surface area (Å²) >= 11 is 0. The van der Waals surface area contributed by atoms with Crippen molar-refractivity contribution >= 4 is 5.91 Å². The zero-order valence-corrected chi connectivity index (χ0v) is 11.9.